The Morgan fingerprint density at radius 1 is 1.07 bits per heavy atom. The highest BCUT2D eigenvalue weighted by molar-refractivity contribution is 7.98. The molecular formula is C20H22N2O3S2. The molecule has 142 valence electrons. The summed E-state index contributed by atoms with van der Waals surface area (Å²) in [5.74, 6) is 0.0607. The van der Waals surface area contributed by atoms with Gasteiger partial charge in [-0.15, -0.1) is 11.8 Å². The number of anilines is 1. The maximum absolute atomic E-state index is 13.3. The average Bonchev–Trinajstić information content (AvgIpc) is 3.07. The molecule has 0 bridgehead atoms. The lowest BCUT2D eigenvalue weighted by atomic mass is 10.1. The molecule has 4 rings (SSSR count). The molecule has 2 atom stereocenters. The summed E-state index contributed by atoms with van der Waals surface area (Å²) >= 11 is 1.60. The first-order valence-corrected chi connectivity index (χ1v) is 11.9. The van der Waals surface area contributed by atoms with Crippen LogP contribution in [-0.2, 0) is 16.4 Å². The van der Waals surface area contributed by atoms with Crippen molar-refractivity contribution in [2.24, 2.45) is 0 Å². The van der Waals surface area contributed by atoms with Crippen molar-refractivity contribution in [2.45, 2.75) is 30.4 Å². The highest BCUT2D eigenvalue weighted by Gasteiger charge is 2.53. The third-order valence-electron chi connectivity index (χ3n) is 5.41. The van der Waals surface area contributed by atoms with Gasteiger partial charge in [0.1, 0.15) is 0 Å². The first-order valence-electron chi connectivity index (χ1n) is 8.88. The normalized spacial score (nSPS) is 23.7. The highest BCUT2D eigenvalue weighted by atomic mass is 32.2. The SMILES string of the molecule is CSc1cccc(N2C(=O)N(Cc3ccccc3C)C3CS(=O)(=O)CC32)c1. The summed E-state index contributed by atoms with van der Waals surface area (Å²) in [6, 6.07) is 14.9. The van der Waals surface area contributed by atoms with Crippen molar-refractivity contribution >= 4 is 33.3 Å². The van der Waals surface area contributed by atoms with E-state index in [1.165, 1.54) is 0 Å². The molecule has 0 saturated carbocycles. The number of aryl methyl sites for hydroxylation is 1. The second-order valence-electron chi connectivity index (χ2n) is 7.12. The van der Waals surface area contributed by atoms with Crippen molar-refractivity contribution < 1.29 is 13.2 Å². The van der Waals surface area contributed by atoms with Gasteiger partial charge in [0.05, 0.1) is 23.6 Å². The molecular weight excluding hydrogens is 380 g/mol. The molecule has 0 spiro atoms. The third-order valence-corrected chi connectivity index (χ3v) is 7.83. The molecule has 2 amide bonds. The van der Waals surface area contributed by atoms with Gasteiger partial charge in [-0.05, 0) is 42.5 Å². The summed E-state index contributed by atoms with van der Waals surface area (Å²) in [6.07, 6.45) is 1.98. The van der Waals surface area contributed by atoms with Crippen LogP contribution in [0.2, 0.25) is 0 Å². The van der Waals surface area contributed by atoms with E-state index in [0.29, 0.717) is 6.54 Å². The fraction of sp³-hybridized carbons (Fsp3) is 0.350. The molecule has 2 aliphatic heterocycles. The van der Waals surface area contributed by atoms with E-state index < -0.39 is 9.84 Å². The van der Waals surface area contributed by atoms with E-state index in [2.05, 4.69) is 0 Å². The van der Waals surface area contributed by atoms with Crippen LogP contribution in [0.5, 0.6) is 0 Å². The Hall–Kier alpha value is -1.99. The summed E-state index contributed by atoms with van der Waals surface area (Å²) < 4.78 is 24.7. The van der Waals surface area contributed by atoms with Crippen LogP contribution in [0, 0.1) is 6.92 Å². The molecule has 2 unspecified atom stereocenters. The van der Waals surface area contributed by atoms with Gasteiger partial charge in [0.25, 0.3) is 0 Å². The quantitative estimate of drug-likeness (QED) is 0.581. The number of carbonyl (C=O) groups excluding carboxylic acids is 1. The lowest BCUT2D eigenvalue weighted by molar-refractivity contribution is 0.205. The van der Waals surface area contributed by atoms with Crippen molar-refractivity contribution in [3.8, 4) is 0 Å². The Morgan fingerprint density at radius 3 is 2.56 bits per heavy atom. The number of hydrogen-bond donors (Lipinski definition) is 0. The number of benzene rings is 2. The van der Waals surface area contributed by atoms with Gasteiger partial charge in [-0.3, -0.25) is 4.90 Å². The second-order valence-corrected chi connectivity index (χ2v) is 10.2. The van der Waals surface area contributed by atoms with E-state index in [-0.39, 0.29) is 29.6 Å². The number of thioether (sulfide) groups is 1. The van der Waals surface area contributed by atoms with Gasteiger partial charge in [0.2, 0.25) is 0 Å². The fourth-order valence-corrected chi connectivity index (χ4v) is 6.40. The smallest absolute Gasteiger partial charge is 0.314 e. The molecule has 0 radical (unpaired) electrons. The summed E-state index contributed by atoms with van der Waals surface area (Å²) in [5, 5.41) is 0. The zero-order chi connectivity index (χ0) is 19.2. The fourth-order valence-electron chi connectivity index (χ4n) is 4.00. The molecule has 27 heavy (non-hydrogen) atoms. The average molecular weight is 403 g/mol. The Labute approximate surface area is 164 Å². The van der Waals surface area contributed by atoms with Crippen LogP contribution in [0.15, 0.2) is 53.4 Å². The first kappa shape index (κ1) is 18.4. The van der Waals surface area contributed by atoms with Gasteiger partial charge in [-0.25, -0.2) is 13.2 Å². The van der Waals surface area contributed by atoms with E-state index in [1.807, 2.05) is 61.7 Å². The van der Waals surface area contributed by atoms with Crippen LogP contribution in [0.4, 0.5) is 10.5 Å². The van der Waals surface area contributed by atoms with Crippen LogP contribution < -0.4 is 4.90 Å². The van der Waals surface area contributed by atoms with Crippen LogP contribution in [-0.4, -0.2) is 49.2 Å². The molecule has 0 aliphatic carbocycles. The number of nitrogens with zero attached hydrogens (tertiary/aromatic N) is 2. The maximum Gasteiger partial charge on any atom is 0.325 e. The van der Waals surface area contributed by atoms with Crippen LogP contribution >= 0.6 is 11.8 Å². The molecule has 5 nitrogen and oxygen atoms in total. The zero-order valence-electron chi connectivity index (χ0n) is 15.3. The number of amides is 2. The summed E-state index contributed by atoms with van der Waals surface area (Å²) in [7, 11) is -3.16. The molecule has 0 N–H and O–H groups in total. The lowest BCUT2D eigenvalue weighted by Gasteiger charge is -2.23. The first-order chi connectivity index (χ1) is 12.9. The summed E-state index contributed by atoms with van der Waals surface area (Å²) in [4.78, 5) is 17.8. The van der Waals surface area contributed by atoms with Crippen molar-refractivity contribution in [1.29, 1.82) is 0 Å². The zero-order valence-corrected chi connectivity index (χ0v) is 17.0. The van der Waals surface area contributed by atoms with Gasteiger partial charge in [-0.2, -0.15) is 0 Å². The van der Waals surface area contributed by atoms with E-state index >= 15 is 0 Å². The standard InChI is InChI=1S/C20H22N2O3S2/c1-14-6-3-4-7-15(14)11-21-18-12-27(24,25)13-19(18)22(20(21)23)16-8-5-9-17(10-16)26-2/h3-10,18-19H,11-13H2,1-2H3. The molecule has 0 aromatic heterocycles. The van der Waals surface area contributed by atoms with Gasteiger partial charge >= 0.3 is 6.03 Å². The van der Waals surface area contributed by atoms with E-state index in [0.717, 1.165) is 21.7 Å². The van der Waals surface area contributed by atoms with Crippen LogP contribution in [0.3, 0.4) is 0 Å². The number of fused-ring (bicyclic) bond motifs is 1. The Morgan fingerprint density at radius 2 is 1.81 bits per heavy atom. The minimum atomic E-state index is -3.16. The topological polar surface area (TPSA) is 57.7 Å². The summed E-state index contributed by atoms with van der Waals surface area (Å²) in [6.45, 7) is 2.44. The molecule has 2 aliphatic rings. The molecule has 2 saturated heterocycles. The minimum absolute atomic E-state index is 0.0250. The molecule has 2 heterocycles. The molecule has 2 aromatic rings. The third kappa shape index (κ3) is 3.34. The highest BCUT2D eigenvalue weighted by Crippen LogP contribution is 2.37. The number of rotatable bonds is 4. The van der Waals surface area contributed by atoms with Crippen molar-refractivity contribution in [3.63, 3.8) is 0 Å². The monoisotopic (exact) mass is 402 g/mol. The molecule has 2 aromatic carbocycles. The van der Waals surface area contributed by atoms with Crippen LogP contribution in [0.25, 0.3) is 0 Å². The number of hydrogen-bond acceptors (Lipinski definition) is 4. The number of carbonyl (C=O) groups is 1. The largest absolute Gasteiger partial charge is 0.325 e. The van der Waals surface area contributed by atoms with Gasteiger partial charge in [-0.1, -0.05) is 30.3 Å². The number of urea groups is 1. The van der Waals surface area contributed by atoms with Crippen molar-refractivity contribution in [2.75, 3.05) is 22.7 Å². The van der Waals surface area contributed by atoms with E-state index in [1.54, 1.807) is 21.6 Å². The van der Waals surface area contributed by atoms with E-state index in [4.69, 9.17) is 0 Å². The predicted octanol–water partition coefficient (Wildman–Crippen LogP) is 3.32. The van der Waals surface area contributed by atoms with Gasteiger partial charge in [0, 0.05) is 17.1 Å². The second kappa shape index (κ2) is 6.87. The minimum Gasteiger partial charge on any atom is -0.314 e. The Kier molecular flexibility index (Phi) is 4.68. The number of sulfone groups is 1. The lowest BCUT2D eigenvalue weighted by Crippen LogP contribution is -2.37. The van der Waals surface area contributed by atoms with Crippen LogP contribution in [0.1, 0.15) is 11.1 Å². The summed E-state index contributed by atoms with van der Waals surface area (Å²) in [5.41, 5.74) is 2.92. The van der Waals surface area contributed by atoms with Crippen molar-refractivity contribution in [3.05, 3.63) is 59.7 Å². The van der Waals surface area contributed by atoms with E-state index in [9.17, 15) is 13.2 Å². The Balaban J connectivity index is 1.73. The van der Waals surface area contributed by atoms with Gasteiger partial charge in [0.15, 0.2) is 9.84 Å². The molecule has 7 heteroatoms. The van der Waals surface area contributed by atoms with Crippen molar-refractivity contribution in [1.82, 2.24) is 4.90 Å². The van der Waals surface area contributed by atoms with Gasteiger partial charge < -0.3 is 4.90 Å². The Bertz CT molecular complexity index is 990. The molecule has 2 fully saturated rings. The predicted molar refractivity (Wildman–Crippen MR) is 109 cm³/mol. The maximum atomic E-state index is 13.3.